The van der Waals surface area contributed by atoms with Crippen LogP contribution < -0.4 is 9.47 Å². The van der Waals surface area contributed by atoms with Crippen molar-refractivity contribution in [3.63, 3.8) is 0 Å². The molecule has 0 unspecified atom stereocenters. The van der Waals surface area contributed by atoms with E-state index in [1.807, 2.05) is 18.2 Å². The molecule has 1 aromatic carbocycles. The Bertz CT molecular complexity index is 505. The van der Waals surface area contributed by atoms with Crippen molar-refractivity contribution < 1.29 is 14.7 Å². The summed E-state index contributed by atoms with van der Waals surface area (Å²) in [5.74, 6) is 1.59. The summed E-state index contributed by atoms with van der Waals surface area (Å²) in [7, 11) is 0. The van der Waals surface area contributed by atoms with Gasteiger partial charge in [-0.1, -0.05) is 11.2 Å². The number of nitrogens with zero attached hydrogens (tertiary/aromatic N) is 1. The second kappa shape index (κ2) is 4.13. The van der Waals surface area contributed by atoms with Gasteiger partial charge in [0.05, 0.1) is 6.21 Å². The average molecular weight is 231 g/mol. The largest absolute Gasteiger partial charge is 0.454 e. The van der Waals surface area contributed by atoms with Crippen LogP contribution in [-0.4, -0.2) is 18.2 Å². The third-order valence-electron chi connectivity index (χ3n) is 3.20. The zero-order valence-corrected chi connectivity index (χ0v) is 9.35. The molecule has 4 nitrogen and oxygen atoms in total. The van der Waals surface area contributed by atoms with Crippen molar-refractivity contribution in [2.24, 2.45) is 5.16 Å². The first kappa shape index (κ1) is 10.2. The van der Waals surface area contributed by atoms with Gasteiger partial charge in [-0.15, -0.1) is 0 Å². The molecule has 0 saturated heterocycles. The molecule has 0 spiro atoms. The normalized spacial score (nSPS) is 18.4. The van der Waals surface area contributed by atoms with Crippen molar-refractivity contribution in [1.82, 2.24) is 0 Å². The fourth-order valence-electron chi connectivity index (χ4n) is 2.39. The third kappa shape index (κ3) is 1.75. The Hall–Kier alpha value is -1.97. The van der Waals surface area contributed by atoms with E-state index in [1.165, 1.54) is 11.8 Å². The van der Waals surface area contributed by atoms with Crippen molar-refractivity contribution >= 4 is 11.8 Å². The zero-order chi connectivity index (χ0) is 11.7. The number of ether oxygens (including phenoxy) is 2. The number of allylic oxidation sites excluding steroid dienone is 2. The molecular formula is C13H13NO3. The molecule has 2 aliphatic rings. The summed E-state index contributed by atoms with van der Waals surface area (Å²) in [6, 6.07) is 5.95. The first-order valence-corrected chi connectivity index (χ1v) is 5.68. The van der Waals surface area contributed by atoms with Gasteiger partial charge in [0.2, 0.25) is 6.79 Å². The van der Waals surface area contributed by atoms with Gasteiger partial charge in [-0.05, 0) is 48.1 Å². The lowest BCUT2D eigenvalue weighted by Crippen LogP contribution is -1.93. The number of fused-ring (bicyclic) bond motifs is 1. The van der Waals surface area contributed by atoms with Gasteiger partial charge < -0.3 is 14.7 Å². The van der Waals surface area contributed by atoms with Crippen LogP contribution in [0, 0.1) is 0 Å². The predicted octanol–water partition coefficient (Wildman–Crippen LogP) is 2.81. The van der Waals surface area contributed by atoms with Gasteiger partial charge in [-0.25, -0.2) is 0 Å². The van der Waals surface area contributed by atoms with Gasteiger partial charge >= 0.3 is 0 Å². The standard InChI is InChI=1S/C13H13NO3/c15-14-7-10-2-1-3-11(10)9-4-5-12-13(6-9)17-8-16-12/h4-7,15H,1-3,8H2. The highest BCUT2D eigenvalue weighted by molar-refractivity contribution is 5.92. The Morgan fingerprint density at radius 3 is 2.94 bits per heavy atom. The number of hydrogen-bond acceptors (Lipinski definition) is 4. The van der Waals surface area contributed by atoms with E-state index in [9.17, 15) is 0 Å². The lowest BCUT2D eigenvalue weighted by Gasteiger charge is -2.05. The molecule has 0 saturated carbocycles. The third-order valence-corrected chi connectivity index (χ3v) is 3.20. The van der Waals surface area contributed by atoms with Crippen molar-refractivity contribution in [3.05, 3.63) is 29.3 Å². The second-order valence-electron chi connectivity index (χ2n) is 4.17. The van der Waals surface area contributed by atoms with Crippen molar-refractivity contribution in [3.8, 4) is 11.5 Å². The summed E-state index contributed by atoms with van der Waals surface area (Å²) in [6.07, 6.45) is 4.62. The lowest BCUT2D eigenvalue weighted by atomic mass is 10.0. The predicted molar refractivity (Wildman–Crippen MR) is 63.6 cm³/mol. The van der Waals surface area contributed by atoms with Gasteiger partial charge in [-0.2, -0.15) is 0 Å². The second-order valence-corrected chi connectivity index (χ2v) is 4.17. The molecule has 1 N–H and O–H groups in total. The van der Waals surface area contributed by atoms with Crippen LogP contribution in [0.4, 0.5) is 0 Å². The highest BCUT2D eigenvalue weighted by Crippen LogP contribution is 2.39. The summed E-state index contributed by atoms with van der Waals surface area (Å²) in [6.45, 7) is 0.294. The first-order valence-electron chi connectivity index (χ1n) is 5.68. The summed E-state index contributed by atoms with van der Waals surface area (Å²) in [4.78, 5) is 0. The van der Waals surface area contributed by atoms with Gasteiger partial charge in [0.15, 0.2) is 11.5 Å². The van der Waals surface area contributed by atoms with Gasteiger partial charge in [0.25, 0.3) is 0 Å². The number of benzene rings is 1. The summed E-state index contributed by atoms with van der Waals surface area (Å²) < 4.78 is 10.7. The van der Waals surface area contributed by atoms with Crippen LogP contribution >= 0.6 is 0 Å². The molecule has 4 heteroatoms. The summed E-state index contributed by atoms with van der Waals surface area (Å²) in [5.41, 5.74) is 3.47. The molecule has 0 radical (unpaired) electrons. The molecule has 0 amide bonds. The van der Waals surface area contributed by atoms with Gasteiger partial charge in [0.1, 0.15) is 0 Å². The maximum Gasteiger partial charge on any atom is 0.231 e. The van der Waals surface area contributed by atoms with Crippen LogP contribution in [0.25, 0.3) is 5.57 Å². The topological polar surface area (TPSA) is 51.1 Å². The molecule has 0 atom stereocenters. The van der Waals surface area contributed by atoms with E-state index >= 15 is 0 Å². The molecule has 1 heterocycles. The Labute approximate surface area is 99.2 Å². The molecule has 0 bridgehead atoms. The molecule has 0 aromatic heterocycles. The quantitative estimate of drug-likeness (QED) is 0.483. The van der Waals surface area contributed by atoms with E-state index in [0.29, 0.717) is 6.79 Å². The van der Waals surface area contributed by atoms with Crippen molar-refractivity contribution in [2.75, 3.05) is 6.79 Å². The van der Waals surface area contributed by atoms with Crippen molar-refractivity contribution in [2.45, 2.75) is 19.3 Å². The fourth-order valence-corrected chi connectivity index (χ4v) is 2.39. The number of hydrogen-bond donors (Lipinski definition) is 1. The van der Waals surface area contributed by atoms with Crippen LogP contribution in [0.1, 0.15) is 24.8 Å². The molecule has 1 aromatic rings. The Morgan fingerprint density at radius 2 is 2.06 bits per heavy atom. The highest BCUT2D eigenvalue weighted by atomic mass is 16.7. The smallest absolute Gasteiger partial charge is 0.231 e. The Morgan fingerprint density at radius 1 is 1.18 bits per heavy atom. The minimum absolute atomic E-state index is 0.294. The van der Waals surface area contributed by atoms with E-state index in [-0.39, 0.29) is 0 Å². The molecule has 0 fully saturated rings. The molecule has 1 aliphatic carbocycles. The molecule has 1 aliphatic heterocycles. The minimum Gasteiger partial charge on any atom is -0.454 e. The average Bonchev–Trinajstić information content (AvgIpc) is 2.96. The van der Waals surface area contributed by atoms with E-state index in [4.69, 9.17) is 14.7 Å². The van der Waals surface area contributed by atoms with E-state index in [2.05, 4.69) is 5.16 Å². The van der Waals surface area contributed by atoms with Crippen LogP contribution in [-0.2, 0) is 0 Å². The zero-order valence-electron chi connectivity index (χ0n) is 9.35. The summed E-state index contributed by atoms with van der Waals surface area (Å²) in [5, 5.41) is 11.8. The molecule has 17 heavy (non-hydrogen) atoms. The Kier molecular flexibility index (Phi) is 2.48. The van der Waals surface area contributed by atoms with Gasteiger partial charge in [0, 0.05) is 0 Å². The summed E-state index contributed by atoms with van der Waals surface area (Å²) >= 11 is 0. The fraction of sp³-hybridized carbons (Fsp3) is 0.308. The first-order chi connectivity index (χ1) is 8.38. The minimum atomic E-state index is 0.294. The van der Waals surface area contributed by atoms with Gasteiger partial charge in [-0.3, -0.25) is 0 Å². The van der Waals surface area contributed by atoms with Crippen molar-refractivity contribution in [1.29, 1.82) is 0 Å². The molecule has 88 valence electrons. The van der Waals surface area contributed by atoms with E-state index in [1.54, 1.807) is 0 Å². The highest BCUT2D eigenvalue weighted by Gasteiger charge is 2.19. The van der Waals surface area contributed by atoms with Crippen LogP contribution in [0.2, 0.25) is 0 Å². The number of oxime groups is 1. The molecule has 3 rings (SSSR count). The Balaban J connectivity index is 2.01. The van der Waals surface area contributed by atoms with E-state index in [0.717, 1.165) is 41.9 Å². The monoisotopic (exact) mass is 231 g/mol. The van der Waals surface area contributed by atoms with Crippen LogP contribution in [0.5, 0.6) is 11.5 Å². The van der Waals surface area contributed by atoms with E-state index < -0.39 is 0 Å². The molecular weight excluding hydrogens is 218 g/mol. The van der Waals surface area contributed by atoms with Crippen LogP contribution in [0.3, 0.4) is 0 Å². The maximum atomic E-state index is 8.64. The lowest BCUT2D eigenvalue weighted by molar-refractivity contribution is 0.174. The maximum absolute atomic E-state index is 8.64. The SMILES string of the molecule is ON=CC1=C(c2ccc3c(c2)OCO3)CCC1. The number of rotatable bonds is 2. The van der Waals surface area contributed by atoms with Crippen LogP contribution in [0.15, 0.2) is 28.9 Å².